The van der Waals surface area contributed by atoms with Crippen LogP contribution in [0.15, 0.2) is 95.1 Å². The average molecular weight is 539 g/mol. The monoisotopic (exact) mass is 538 g/mol. The van der Waals surface area contributed by atoms with E-state index < -0.39 is 23.8 Å². The molecule has 0 saturated carbocycles. The first-order valence-corrected chi connectivity index (χ1v) is 12.4. The number of halogens is 1. The predicted molar refractivity (Wildman–Crippen MR) is 138 cm³/mol. The van der Waals surface area contributed by atoms with Crippen molar-refractivity contribution in [3.05, 3.63) is 112 Å². The van der Waals surface area contributed by atoms with Crippen molar-refractivity contribution in [1.29, 1.82) is 0 Å². The lowest BCUT2D eigenvalue weighted by Crippen LogP contribution is -2.45. The standard InChI is InChI=1S/C26H23BrN2O4S/c27-21-13-11-18(12-14-21)15-22(28-24(30)20-9-5-2-6-10-20)25(31)29-23(26(32)33)17-34-16-19-7-3-1-4-8-19/h1-15,23H,16-17H2,(H,28,30)(H,29,31)(H,32,33). The highest BCUT2D eigenvalue weighted by Gasteiger charge is 2.23. The topological polar surface area (TPSA) is 95.5 Å². The summed E-state index contributed by atoms with van der Waals surface area (Å²) >= 11 is 4.77. The number of nitrogens with one attached hydrogen (secondary N) is 2. The second-order valence-corrected chi connectivity index (χ2v) is 9.24. The van der Waals surface area contributed by atoms with Crippen LogP contribution >= 0.6 is 27.7 Å². The van der Waals surface area contributed by atoms with Crippen LogP contribution in [0.3, 0.4) is 0 Å². The van der Waals surface area contributed by atoms with Gasteiger partial charge in [0.1, 0.15) is 11.7 Å². The number of benzene rings is 3. The summed E-state index contributed by atoms with van der Waals surface area (Å²) in [5.41, 5.74) is 2.07. The predicted octanol–water partition coefficient (Wildman–Crippen LogP) is 4.72. The maximum atomic E-state index is 13.1. The normalized spacial score (nSPS) is 12.0. The molecule has 34 heavy (non-hydrogen) atoms. The molecule has 0 radical (unpaired) electrons. The molecule has 3 N–H and O–H groups in total. The van der Waals surface area contributed by atoms with Gasteiger partial charge in [0.15, 0.2) is 0 Å². The minimum absolute atomic E-state index is 0.0458. The first-order chi connectivity index (χ1) is 16.4. The maximum Gasteiger partial charge on any atom is 0.327 e. The lowest BCUT2D eigenvalue weighted by molar-refractivity contribution is -0.140. The first-order valence-electron chi connectivity index (χ1n) is 10.4. The van der Waals surface area contributed by atoms with Crippen LogP contribution in [0.4, 0.5) is 0 Å². The summed E-state index contributed by atoms with van der Waals surface area (Å²) in [6.07, 6.45) is 1.51. The number of carboxylic acids is 1. The Morgan fingerprint density at radius 1 is 0.912 bits per heavy atom. The van der Waals surface area contributed by atoms with Gasteiger partial charge in [-0.2, -0.15) is 11.8 Å². The van der Waals surface area contributed by atoms with Gasteiger partial charge in [0.25, 0.3) is 11.8 Å². The highest BCUT2D eigenvalue weighted by atomic mass is 79.9. The number of carboxylic acid groups (broad SMARTS) is 1. The number of carbonyl (C=O) groups excluding carboxylic acids is 2. The molecule has 6 nitrogen and oxygen atoms in total. The van der Waals surface area contributed by atoms with E-state index in [9.17, 15) is 19.5 Å². The zero-order valence-corrected chi connectivity index (χ0v) is 20.5. The van der Waals surface area contributed by atoms with Crippen molar-refractivity contribution >= 4 is 51.6 Å². The largest absolute Gasteiger partial charge is 0.480 e. The Balaban J connectivity index is 1.74. The number of rotatable bonds is 10. The minimum Gasteiger partial charge on any atom is -0.480 e. The molecule has 0 aromatic heterocycles. The minimum atomic E-state index is -1.15. The van der Waals surface area contributed by atoms with Crippen LogP contribution in [0.5, 0.6) is 0 Å². The molecule has 0 bridgehead atoms. The van der Waals surface area contributed by atoms with Crippen molar-refractivity contribution in [2.75, 3.05) is 5.75 Å². The quantitative estimate of drug-likeness (QED) is 0.324. The van der Waals surface area contributed by atoms with Gasteiger partial charge in [0.05, 0.1) is 0 Å². The molecule has 174 valence electrons. The summed E-state index contributed by atoms with van der Waals surface area (Å²) in [4.78, 5) is 37.5. The Hall–Kier alpha value is -3.36. The van der Waals surface area contributed by atoms with Crippen LogP contribution in [0.2, 0.25) is 0 Å². The molecule has 3 rings (SSSR count). The Bertz CT molecular complexity index is 1150. The van der Waals surface area contributed by atoms with Gasteiger partial charge < -0.3 is 15.7 Å². The van der Waals surface area contributed by atoms with Crippen LogP contribution in [0, 0.1) is 0 Å². The molecule has 0 fully saturated rings. The third kappa shape index (κ3) is 7.90. The fourth-order valence-electron chi connectivity index (χ4n) is 2.95. The van der Waals surface area contributed by atoms with Crippen molar-refractivity contribution in [3.63, 3.8) is 0 Å². The van der Waals surface area contributed by atoms with E-state index in [1.165, 1.54) is 17.8 Å². The van der Waals surface area contributed by atoms with Gasteiger partial charge in [-0.25, -0.2) is 4.79 Å². The van der Waals surface area contributed by atoms with E-state index in [1.807, 2.05) is 30.3 Å². The van der Waals surface area contributed by atoms with E-state index in [-0.39, 0.29) is 11.4 Å². The van der Waals surface area contributed by atoms with Gasteiger partial charge in [-0.1, -0.05) is 76.6 Å². The molecule has 0 aliphatic heterocycles. The van der Waals surface area contributed by atoms with Gasteiger partial charge in [0.2, 0.25) is 0 Å². The molecule has 1 unspecified atom stereocenters. The van der Waals surface area contributed by atoms with E-state index in [4.69, 9.17) is 0 Å². The van der Waals surface area contributed by atoms with Crippen molar-refractivity contribution < 1.29 is 19.5 Å². The van der Waals surface area contributed by atoms with Crippen molar-refractivity contribution in [1.82, 2.24) is 10.6 Å². The molecule has 8 heteroatoms. The highest BCUT2D eigenvalue weighted by molar-refractivity contribution is 9.10. The lowest BCUT2D eigenvalue weighted by atomic mass is 10.1. The van der Waals surface area contributed by atoms with Crippen LogP contribution < -0.4 is 10.6 Å². The molecule has 0 spiro atoms. The van der Waals surface area contributed by atoms with Gasteiger partial charge in [0, 0.05) is 21.5 Å². The van der Waals surface area contributed by atoms with Crippen LogP contribution in [0.1, 0.15) is 21.5 Å². The molecular formula is C26H23BrN2O4S. The van der Waals surface area contributed by atoms with Crippen molar-refractivity contribution in [2.45, 2.75) is 11.8 Å². The zero-order valence-electron chi connectivity index (χ0n) is 18.1. The molecule has 0 heterocycles. The van der Waals surface area contributed by atoms with E-state index in [2.05, 4.69) is 26.6 Å². The molecule has 0 aliphatic carbocycles. The van der Waals surface area contributed by atoms with E-state index in [1.54, 1.807) is 54.6 Å². The van der Waals surface area contributed by atoms with E-state index in [0.29, 0.717) is 16.9 Å². The smallest absolute Gasteiger partial charge is 0.327 e. The average Bonchev–Trinajstić information content (AvgIpc) is 2.85. The summed E-state index contributed by atoms with van der Waals surface area (Å²) in [6.45, 7) is 0. The first kappa shape index (κ1) is 25.3. The van der Waals surface area contributed by atoms with Gasteiger partial charge in [-0.3, -0.25) is 9.59 Å². The zero-order chi connectivity index (χ0) is 24.3. The molecule has 2 amide bonds. The molecule has 3 aromatic rings. The summed E-state index contributed by atoms with van der Waals surface area (Å²) in [7, 11) is 0. The number of hydrogen-bond donors (Lipinski definition) is 3. The summed E-state index contributed by atoms with van der Waals surface area (Å²) in [6, 6.07) is 24.2. The van der Waals surface area contributed by atoms with Gasteiger partial charge in [-0.15, -0.1) is 0 Å². The van der Waals surface area contributed by atoms with Crippen molar-refractivity contribution in [2.24, 2.45) is 0 Å². The summed E-state index contributed by atoms with van der Waals surface area (Å²) in [5.74, 6) is -1.50. The summed E-state index contributed by atoms with van der Waals surface area (Å²) in [5, 5.41) is 14.8. The molecule has 1 atom stereocenters. The van der Waals surface area contributed by atoms with Crippen LogP contribution in [-0.4, -0.2) is 34.7 Å². The van der Waals surface area contributed by atoms with Gasteiger partial charge in [-0.05, 0) is 41.5 Å². The van der Waals surface area contributed by atoms with E-state index in [0.717, 1.165) is 10.0 Å². The Kier molecular flexibility index (Phi) is 9.49. The number of amides is 2. The lowest BCUT2D eigenvalue weighted by Gasteiger charge is -2.17. The second kappa shape index (κ2) is 12.8. The highest BCUT2D eigenvalue weighted by Crippen LogP contribution is 2.15. The Morgan fingerprint density at radius 2 is 1.53 bits per heavy atom. The molecule has 0 saturated heterocycles. The SMILES string of the molecule is O=C(NC(CSCc1ccccc1)C(=O)O)C(=Cc1ccc(Br)cc1)NC(=O)c1ccccc1. The Morgan fingerprint density at radius 3 is 2.15 bits per heavy atom. The third-order valence-corrected chi connectivity index (χ3v) is 6.34. The summed E-state index contributed by atoms with van der Waals surface area (Å²) < 4.78 is 0.866. The van der Waals surface area contributed by atoms with E-state index >= 15 is 0 Å². The molecule has 0 aliphatic rings. The number of hydrogen-bond acceptors (Lipinski definition) is 4. The number of thioether (sulfide) groups is 1. The van der Waals surface area contributed by atoms with Crippen LogP contribution in [-0.2, 0) is 15.3 Å². The Labute approximate surface area is 210 Å². The number of aliphatic carboxylic acids is 1. The van der Waals surface area contributed by atoms with Crippen molar-refractivity contribution in [3.8, 4) is 0 Å². The fraction of sp³-hybridized carbons (Fsp3) is 0.115. The maximum absolute atomic E-state index is 13.1. The van der Waals surface area contributed by atoms with Gasteiger partial charge >= 0.3 is 5.97 Å². The van der Waals surface area contributed by atoms with Crippen LogP contribution in [0.25, 0.3) is 6.08 Å². The molecule has 3 aromatic carbocycles. The fourth-order valence-corrected chi connectivity index (χ4v) is 4.22. The molecular weight excluding hydrogens is 516 g/mol. The second-order valence-electron chi connectivity index (χ2n) is 7.29. The third-order valence-electron chi connectivity index (χ3n) is 4.71. The number of carbonyl (C=O) groups is 3.